The van der Waals surface area contributed by atoms with Gasteiger partial charge in [-0.3, -0.25) is 0 Å². The van der Waals surface area contributed by atoms with Crippen LogP contribution in [0, 0.1) is 12.8 Å². The van der Waals surface area contributed by atoms with Crippen LogP contribution in [-0.4, -0.2) is 18.1 Å². The quantitative estimate of drug-likeness (QED) is 0.911. The van der Waals surface area contributed by atoms with Gasteiger partial charge in [0.15, 0.2) is 0 Å². The molecule has 110 valence electrons. The highest BCUT2D eigenvalue weighted by atomic mass is 79.9. The summed E-state index contributed by atoms with van der Waals surface area (Å²) in [5.74, 6) is 1.20. The average molecular weight is 347 g/mol. The Balaban J connectivity index is 1.88. The van der Waals surface area contributed by atoms with Crippen LogP contribution in [-0.2, 0) is 0 Å². The normalized spacial score (nSPS) is 19.4. The van der Waals surface area contributed by atoms with Crippen molar-refractivity contribution in [1.82, 2.24) is 10.3 Å². The van der Waals surface area contributed by atoms with E-state index in [0.717, 1.165) is 35.4 Å². The maximum absolute atomic E-state index is 6.30. The van der Waals surface area contributed by atoms with Gasteiger partial charge in [-0.2, -0.15) is 0 Å². The fraction of sp³-hybridized carbons (Fsp3) is 0.353. The van der Waals surface area contributed by atoms with Gasteiger partial charge in [-0.15, -0.1) is 0 Å². The maximum atomic E-state index is 6.30. The van der Waals surface area contributed by atoms with E-state index in [9.17, 15) is 0 Å². The Morgan fingerprint density at radius 1 is 1.33 bits per heavy atom. The van der Waals surface area contributed by atoms with Gasteiger partial charge >= 0.3 is 0 Å². The number of aryl methyl sites for hydroxylation is 1. The van der Waals surface area contributed by atoms with E-state index < -0.39 is 0 Å². The van der Waals surface area contributed by atoms with Gasteiger partial charge < -0.3 is 10.1 Å². The van der Waals surface area contributed by atoms with Crippen molar-refractivity contribution in [3.05, 3.63) is 58.2 Å². The largest absolute Gasteiger partial charge is 0.469 e. The zero-order valence-electron chi connectivity index (χ0n) is 12.1. The summed E-state index contributed by atoms with van der Waals surface area (Å²) >= 11 is 3.45. The number of nitrogens with one attached hydrogen (secondary N) is 1. The van der Waals surface area contributed by atoms with Gasteiger partial charge in [0, 0.05) is 28.7 Å². The predicted octanol–water partition coefficient (Wildman–Crippen LogP) is 3.88. The monoisotopic (exact) mass is 346 g/mol. The van der Waals surface area contributed by atoms with Gasteiger partial charge in [0.2, 0.25) is 5.88 Å². The van der Waals surface area contributed by atoms with Crippen LogP contribution in [0.2, 0.25) is 0 Å². The molecule has 0 radical (unpaired) electrons. The van der Waals surface area contributed by atoms with Crippen molar-refractivity contribution in [3.63, 3.8) is 0 Å². The molecule has 2 heterocycles. The van der Waals surface area contributed by atoms with Crippen molar-refractivity contribution in [2.45, 2.75) is 19.4 Å². The van der Waals surface area contributed by atoms with Gasteiger partial charge in [-0.05, 0) is 47.4 Å². The molecule has 1 aromatic heterocycles. The lowest BCUT2D eigenvalue weighted by Gasteiger charge is -2.25. The first-order chi connectivity index (χ1) is 10.2. The number of hydrogen-bond donors (Lipinski definition) is 1. The van der Waals surface area contributed by atoms with Crippen LogP contribution in [0.15, 0.2) is 47.1 Å². The number of halogens is 1. The molecule has 3 nitrogen and oxygen atoms in total. The zero-order chi connectivity index (χ0) is 14.7. The van der Waals surface area contributed by atoms with Gasteiger partial charge in [0.1, 0.15) is 6.10 Å². The summed E-state index contributed by atoms with van der Waals surface area (Å²) in [6, 6.07) is 12.5. The molecule has 1 aliphatic rings. The van der Waals surface area contributed by atoms with Crippen LogP contribution in [0.3, 0.4) is 0 Å². The molecule has 3 rings (SSSR count). The minimum Gasteiger partial charge on any atom is -0.469 e. The van der Waals surface area contributed by atoms with Crippen LogP contribution in [0.5, 0.6) is 5.88 Å². The van der Waals surface area contributed by atoms with E-state index in [0.29, 0.717) is 5.92 Å². The van der Waals surface area contributed by atoms with E-state index in [-0.39, 0.29) is 6.10 Å². The predicted molar refractivity (Wildman–Crippen MR) is 87.5 cm³/mol. The molecule has 1 saturated heterocycles. The molecule has 0 spiro atoms. The average Bonchev–Trinajstić information content (AvgIpc) is 3.01. The van der Waals surface area contributed by atoms with Gasteiger partial charge in [-0.25, -0.2) is 4.98 Å². The third kappa shape index (κ3) is 3.44. The molecule has 1 aromatic carbocycles. The lowest BCUT2D eigenvalue weighted by atomic mass is 9.95. The number of hydrogen-bond acceptors (Lipinski definition) is 3. The number of rotatable bonds is 4. The summed E-state index contributed by atoms with van der Waals surface area (Å²) in [5.41, 5.74) is 2.27. The fourth-order valence-corrected chi connectivity index (χ4v) is 3.23. The molecule has 0 amide bonds. The Labute approximate surface area is 133 Å². The third-order valence-corrected chi connectivity index (χ3v) is 4.32. The molecule has 1 fully saturated rings. The number of aromatic nitrogens is 1. The van der Waals surface area contributed by atoms with Crippen LogP contribution in [0.25, 0.3) is 0 Å². The molecule has 0 bridgehead atoms. The van der Waals surface area contributed by atoms with E-state index >= 15 is 0 Å². The fourth-order valence-electron chi connectivity index (χ4n) is 2.79. The first kappa shape index (κ1) is 14.5. The van der Waals surface area contributed by atoms with Crippen LogP contribution in [0.4, 0.5) is 0 Å². The molecule has 2 atom stereocenters. The molecule has 1 aliphatic heterocycles. The second kappa shape index (κ2) is 6.58. The minimum atomic E-state index is 0.0496. The van der Waals surface area contributed by atoms with E-state index in [4.69, 9.17) is 4.74 Å². The second-order valence-corrected chi connectivity index (χ2v) is 6.39. The lowest BCUT2D eigenvalue weighted by molar-refractivity contribution is 0.137. The molecule has 2 aromatic rings. The summed E-state index contributed by atoms with van der Waals surface area (Å²) in [7, 11) is 0. The van der Waals surface area contributed by atoms with E-state index in [1.165, 1.54) is 5.56 Å². The zero-order valence-corrected chi connectivity index (χ0v) is 13.6. The van der Waals surface area contributed by atoms with E-state index in [1.807, 2.05) is 19.1 Å². The van der Waals surface area contributed by atoms with Crippen LogP contribution >= 0.6 is 15.9 Å². The Hall–Kier alpha value is -1.39. The molecule has 1 N–H and O–H groups in total. The third-order valence-electron chi connectivity index (χ3n) is 3.89. The van der Waals surface area contributed by atoms with Crippen molar-refractivity contribution in [2.24, 2.45) is 5.92 Å². The highest BCUT2D eigenvalue weighted by Gasteiger charge is 2.28. The van der Waals surface area contributed by atoms with Gasteiger partial charge in [-0.1, -0.05) is 30.3 Å². The summed E-state index contributed by atoms with van der Waals surface area (Å²) in [4.78, 5) is 4.43. The summed E-state index contributed by atoms with van der Waals surface area (Å²) in [6.45, 7) is 4.08. The van der Waals surface area contributed by atoms with E-state index in [2.05, 4.69) is 50.5 Å². The first-order valence-corrected chi connectivity index (χ1v) is 8.08. The van der Waals surface area contributed by atoms with Gasteiger partial charge in [0.05, 0.1) is 0 Å². The van der Waals surface area contributed by atoms with Crippen molar-refractivity contribution in [3.8, 4) is 5.88 Å². The number of nitrogens with zero attached hydrogens (tertiary/aromatic N) is 1. The molecule has 0 aliphatic carbocycles. The molecule has 0 unspecified atom stereocenters. The molecular weight excluding hydrogens is 328 g/mol. The lowest BCUT2D eigenvalue weighted by Crippen LogP contribution is -2.22. The minimum absolute atomic E-state index is 0.0496. The highest BCUT2D eigenvalue weighted by molar-refractivity contribution is 9.10. The summed E-state index contributed by atoms with van der Waals surface area (Å²) < 4.78 is 7.28. The van der Waals surface area contributed by atoms with Crippen molar-refractivity contribution in [1.29, 1.82) is 0 Å². The van der Waals surface area contributed by atoms with Crippen molar-refractivity contribution < 1.29 is 4.74 Å². The summed E-state index contributed by atoms with van der Waals surface area (Å²) in [5, 5.41) is 3.42. The summed E-state index contributed by atoms with van der Waals surface area (Å²) in [6.07, 6.45) is 2.97. The van der Waals surface area contributed by atoms with Crippen LogP contribution < -0.4 is 10.1 Å². The first-order valence-electron chi connectivity index (χ1n) is 7.28. The molecular formula is C17H19BrN2O. The molecule has 4 heteroatoms. The molecule has 21 heavy (non-hydrogen) atoms. The van der Waals surface area contributed by atoms with Crippen LogP contribution in [0.1, 0.15) is 23.7 Å². The number of ether oxygens (including phenoxy) is 1. The SMILES string of the molecule is Cc1cc(Br)cnc1O[C@H](c1ccccc1)[C@@H]1CCNC1. The maximum Gasteiger partial charge on any atom is 0.216 e. The Bertz CT molecular complexity index is 597. The van der Waals surface area contributed by atoms with E-state index in [1.54, 1.807) is 6.20 Å². The second-order valence-electron chi connectivity index (χ2n) is 5.48. The Morgan fingerprint density at radius 3 is 2.81 bits per heavy atom. The van der Waals surface area contributed by atoms with Gasteiger partial charge in [0.25, 0.3) is 0 Å². The van der Waals surface area contributed by atoms with Crippen molar-refractivity contribution >= 4 is 15.9 Å². The Morgan fingerprint density at radius 2 is 2.14 bits per heavy atom. The molecule has 0 saturated carbocycles. The Kier molecular flexibility index (Phi) is 4.56. The standard InChI is InChI=1S/C17H19BrN2O/c1-12-9-15(18)11-20-17(12)21-16(14-7-8-19-10-14)13-5-3-2-4-6-13/h2-6,9,11,14,16,19H,7-8,10H2,1H3/t14-,16-/m1/s1. The topological polar surface area (TPSA) is 34.1 Å². The number of pyridine rings is 1. The smallest absolute Gasteiger partial charge is 0.216 e. The highest BCUT2D eigenvalue weighted by Crippen LogP contribution is 2.32. The van der Waals surface area contributed by atoms with Crippen molar-refractivity contribution in [2.75, 3.05) is 13.1 Å². The number of benzene rings is 1.